The normalized spacial score (nSPS) is 18.9. The first kappa shape index (κ1) is 22.4. The molecule has 1 unspecified atom stereocenters. The number of rotatable bonds is 13. The van der Waals surface area contributed by atoms with Crippen LogP contribution in [0.15, 0.2) is 54.1 Å². The highest BCUT2D eigenvalue weighted by Gasteiger charge is 2.31. The van der Waals surface area contributed by atoms with E-state index in [9.17, 15) is 0 Å². The van der Waals surface area contributed by atoms with Crippen LogP contribution in [-0.4, -0.2) is 23.1 Å². The van der Waals surface area contributed by atoms with Gasteiger partial charge in [-0.3, -0.25) is 0 Å². The maximum absolute atomic E-state index is 9.09. The topological polar surface area (TPSA) is 73.5 Å². The number of hydrogen-bond acceptors (Lipinski definition) is 4. The van der Waals surface area contributed by atoms with Crippen molar-refractivity contribution >= 4 is 0 Å². The number of benzene rings is 1. The second-order valence-corrected chi connectivity index (χ2v) is 7.51. The molecule has 2 N–H and O–H groups in total. The third kappa shape index (κ3) is 7.59. The van der Waals surface area contributed by atoms with E-state index < -0.39 is 11.9 Å². The smallest absolute Gasteiger partial charge is 0.151 e. The highest BCUT2D eigenvalue weighted by atomic mass is 16.5. The Bertz CT molecular complexity index is 660. The SMILES string of the molecule is N#CC1=CCC(OCCCCCCCCCCC(O)O)(c2ccccc2)C=C1. The summed E-state index contributed by atoms with van der Waals surface area (Å²) in [5, 5.41) is 26.7. The lowest BCUT2D eigenvalue weighted by molar-refractivity contribution is -0.0466. The van der Waals surface area contributed by atoms with Crippen molar-refractivity contribution < 1.29 is 14.9 Å². The van der Waals surface area contributed by atoms with E-state index in [-0.39, 0.29) is 0 Å². The molecule has 1 aliphatic rings. The Morgan fingerprint density at radius 1 is 0.964 bits per heavy atom. The van der Waals surface area contributed by atoms with E-state index in [2.05, 4.69) is 18.2 Å². The van der Waals surface area contributed by atoms with Gasteiger partial charge in [0, 0.05) is 18.6 Å². The van der Waals surface area contributed by atoms with Gasteiger partial charge in [0.05, 0.1) is 6.07 Å². The fourth-order valence-electron chi connectivity index (χ4n) is 3.57. The third-order valence-corrected chi connectivity index (χ3v) is 5.27. The Labute approximate surface area is 169 Å². The standard InChI is InChI=1S/C24H33NO3/c25-20-21-15-17-24(18-16-21,22-12-8-7-9-13-22)28-19-11-6-4-2-1-3-5-10-14-23(26)27/h7-9,12-13,15-17,23,26-27H,1-6,10-11,14,18-19H2. The molecule has 28 heavy (non-hydrogen) atoms. The molecule has 4 heteroatoms. The molecule has 152 valence electrons. The van der Waals surface area contributed by atoms with Crippen LogP contribution in [0.3, 0.4) is 0 Å². The first-order chi connectivity index (χ1) is 13.7. The van der Waals surface area contributed by atoms with E-state index in [0.29, 0.717) is 25.0 Å². The maximum Gasteiger partial charge on any atom is 0.151 e. The summed E-state index contributed by atoms with van der Waals surface area (Å²) in [6.45, 7) is 0.712. The number of hydrogen-bond donors (Lipinski definition) is 2. The summed E-state index contributed by atoms with van der Waals surface area (Å²) in [4.78, 5) is 0. The number of aliphatic hydroxyl groups is 2. The van der Waals surface area contributed by atoms with Crippen molar-refractivity contribution in [2.24, 2.45) is 0 Å². The molecule has 4 nitrogen and oxygen atoms in total. The van der Waals surface area contributed by atoms with Gasteiger partial charge in [-0.25, -0.2) is 0 Å². The number of aliphatic hydroxyl groups excluding tert-OH is 1. The van der Waals surface area contributed by atoms with Gasteiger partial charge >= 0.3 is 0 Å². The lowest BCUT2D eigenvalue weighted by Gasteiger charge is -2.32. The first-order valence-corrected chi connectivity index (χ1v) is 10.5. The Hall–Kier alpha value is -1.93. The van der Waals surface area contributed by atoms with E-state index in [4.69, 9.17) is 20.2 Å². The summed E-state index contributed by atoms with van der Waals surface area (Å²) >= 11 is 0. The first-order valence-electron chi connectivity index (χ1n) is 10.5. The molecule has 1 aliphatic carbocycles. The minimum Gasteiger partial charge on any atom is -0.368 e. The van der Waals surface area contributed by atoms with Crippen molar-refractivity contribution in [1.82, 2.24) is 0 Å². The van der Waals surface area contributed by atoms with Crippen molar-refractivity contribution in [1.29, 1.82) is 5.26 Å². The van der Waals surface area contributed by atoms with Crippen molar-refractivity contribution in [3.8, 4) is 6.07 Å². The average Bonchev–Trinajstić information content (AvgIpc) is 2.73. The van der Waals surface area contributed by atoms with Crippen molar-refractivity contribution in [3.05, 3.63) is 59.7 Å². The molecule has 0 spiro atoms. The fourth-order valence-corrected chi connectivity index (χ4v) is 3.57. The van der Waals surface area contributed by atoms with E-state index in [1.54, 1.807) is 0 Å². The van der Waals surface area contributed by atoms with Crippen LogP contribution in [0.5, 0.6) is 0 Å². The molecule has 2 rings (SSSR count). The number of nitriles is 1. The molecule has 0 radical (unpaired) electrons. The lowest BCUT2D eigenvalue weighted by atomic mass is 9.85. The van der Waals surface area contributed by atoms with E-state index in [0.717, 1.165) is 31.2 Å². The van der Waals surface area contributed by atoms with Gasteiger partial charge in [-0.1, -0.05) is 74.9 Å². The van der Waals surface area contributed by atoms with Gasteiger partial charge in [-0.05, 0) is 37.0 Å². The minimum absolute atomic E-state index is 0.459. The van der Waals surface area contributed by atoms with Crippen molar-refractivity contribution in [2.45, 2.75) is 76.1 Å². The van der Waals surface area contributed by atoms with Crippen LogP contribution >= 0.6 is 0 Å². The van der Waals surface area contributed by atoms with Crippen LogP contribution in [0, 0.1) is 11.3 Å². The second-order valence-electron chi connectivity index (χ2n) is 7.51. The quantitative estimate of drug-likeness (QED) is 0.366. The molecule has 1 aromatic rings. The molecule has 1 atom stereocenters. The van der Waals surface area contributed by atoms with Gasteiger partial charge in [0.2, 0.25) is 0 Å². The van der Waals surface area contributed by atoms with Gasteiger partial charge in [0.15, 0.2) is 6.29 Å². The highest BCUT2D eigenvalue weighted by molar-refractivity contribution is 5.41. The van der Waals surface area contributed by atoms with Crippen LogP contribution in [0.4, 0.5) is 0 Å². The van der Waals surface area contributed by atoms with E-state index in [1.807, 2.05) is 36.4 Å². The molecule has 0 saturated carbocycles. The molecule has 0 fully saturated rings. The maximum atomic E-state index is 9.09. The second kappa shape index (κ2) is 12.5. The van der Waals surface area contributed by atoms with Crippen LogP contribution in [-0.2, 0) is 10.3 Å². The molecule has 1 aromatic carbocycles. The Balaban J connectivity index is 1.66. The van der Waals surface area contributed by atoms with Crippen molar-refractivity contribution in [3.63, 3.8) is 0 Å². The van der Waals surface area contributed by atoms with Crippen LogP contribution in [0.1, 0.15) is 69.8 Å². The Morgan fingerprint density at radius 2 is 1.61 bits per heavy atom. The Morgan fingerprint density at radius 3 is 2.18 bits per heavy atom. The fraction of sp³-hybridized carbons (Fsp3) is 0.542. The molecular weight excluding hydrogens is 350 g/mol. The average molecular weight is 384 g/mol. The monoisotopic (exact) mass is 383 g/mol. The molecule has 0 aromatic heterocycles. The zero-order valence-corrected chi connectivity index (χ0v) is 16.7. The van der Waals surface area contributed by atoms with Crippen LogP contribution in [0.2, 0.25) is 0 Å². The molecule has 0 heterocycles. The zero-order valence-electron chi connectivity index (χ0n) is 16.7. The summed E-state index contributed by atoms with van der Waals surface area (Å²) in [6.07, 6.45) is 14.8. The highest BCUT2D eigenvalue weighted by Crippen LogP contribution is 2.35. The molecular formula is C24H33NO3. The van der Waals surface area contributed by atoms with Gasteiger partial charge < -0.3 is 14.9 Å². The van der Waals surface area contributed by atoms with Gasteiger partial charge in [-0.2, -0.15) is 5.26 Å². The van der Waals surface area contributed by atoms with Crippen LogP contribution < -0.4 is 0 Å². The number of ether oxygens (including phenoxy) is 1. The number of allylic oxidation sites excluding steroid dienone is 2. The summed E-state index contributed by atoms with van der Waals surface area (Å²) < 4.78 is 6.34. The largest absolute Gasteiger partial charge is 0.368 e. The van der Waals surface area contributed by atoms with Crippen molar-refractivity contribution in [2.75, 3.05) is 6.61 Å². The molecule has 0 bridgehead atoms. The molecule has 0 saturated heterocycles. The van der Waals surface area contributed by atoms with E-state index >= 15 is 0 Å². The molecule has 0 aliphatic heterocycles. The summed E-state index contributed by atoms with van der Waals surface area (Å²) in [5.74, 6) is 0. The third-order valence-electron chi connectivity index (χ3n) is 5.27. The van der Waals surface area contributed by atoms with Gasteiger partial charge in [0.25, 0.3) is 0 Å². The van der Waals surface area contributed by atoms with Crippen LogP contribution in [0.25, 0.3) is 0 Å². The predicted octanol–water partition coefficient (Wildman–Crippen LogP) is 5.13. The zero-order chi connectivity index (χ0) is 20.1. The number of nitrogens with zero attached hydrogens (tertiary/aromatic N) is 1. The van der Waals surface area contributed by atoms with Gasteiger partial charge in [-0.15, -0.1) is 0 Å². The number of unbranched alkanes of at least 4 members (excludes halogenated alkanes) is 7. The summed E-state index contributed by atoms with van der Waals surface area (Å²) in [5.41, 5.74) is 1.37. The predicted molar refractivity (Wildman–Crippen MR) is 111 cm³/mol. The van der Waals surface area contributed by atoms with E-state index in [1.165, 1.54) is 25.7 Å². The van der Waals surface area contributed by atoms with Gasteiger partial charge in [0.1, 0.15) is 5.60 Å². The Kier molecular flexibility index (Phi) is 9.99. The lowest BCUT2D eigenvalue weighted by Crippen LogP contribution is -2.29. The molecule has 0 amide bonds. The summed E-state index contributed by atoms with van der Waals surface area (Å²) in [6, 6.07) is 12.4. The minimum atomic E-state index is -1.15. The summed E-state index contributed by atoms with van der Waals surface area (Å²) in [7, 11) is 0.